The van der Waals surface area contributed by atoms with Crippen LogP contribution in [0, 0.1) is 0 Å². The molecule has 0 aliphatic heterocycles. The molecule has 2 amide bonds. The van der Waals surface area contributed by atoms with Crippen molar-refractivity contribution in [3.8, 4) is 0 Å². The van der Waals surface area contributed by atoms with E-state index < -0.39 is 35.4 Å². The number of alkyl carbamates (subject to hydrolysis) is 1. The zero-order valence-electron chi connectivity index (χ0n) is 20.1. The van der Waals surface area contributed by atoms with E-state index in [-0.39, 0.29) is 0 Å². The van der Waals surface area contributed by atoms with Gasteiger partial charge in [0.25, 0.3) is 0 Å². The van der Waals surface area contributed by atoms with Crippen molar-refractivity contribution in [2.24, 2.45) is 0 Å². The number of methoxy groups -OCH3 is 1. The number of carbonyl (C=O) groups excluding carboxylic acids is 3. The highest BCUT2D eigenvalue weighted by atomic mass is 16.6. The van der Waals surface area contributed by atoms with E-state index in [9.17, 15) is 14.4 Å². The van der Waals surface area contributed by atoms with Crippen molar-refractivity contribution in [2.45, 2.75) is 71.6 Å². The number of nitrogens with one attached hydrogen (secondary N) is 2. The molecule has 11 heteroatoms. The summed E-state index contributed by atoms with van der Waals surface area (Å²) in [4.78, 5) is 45.9. The van der Waals surface area contributed by atoms with E-state index >= 15 is 0 Å². The molecule has 2 N–H and O–H groups in total. The lowest BCUT2D eigenvalue weighted by molar-refractivity contribution is -0.143. The lowest BCUT2D eigenvalue weighted by atomic mass is 10.1. The van der Waals surface area contributed by atoms with Crippen LogP contribution in [0.1, 0.15) is 54.4 Å². The molecule has 0 aliphatic rings. The molecule has 1 rings (SSSR count). The summed E-state index contributed by atoms with van der Waals surface area (Å²) in [5.41, 5.74) is -1.30. The minimum Gasteiger partial charge on any atom is -0.467 e. The molecular formula is C21H35N5O6. The van der Waals surface area contributed by atoms with Crippen LogP contribution in [0.5, 0.6) is 0 Å². The van der Waals surface area contributed by atoms with Crippen LogP contribution in [0.25, 0.3) is 0 Å². The standard InChI is InChI=1S/C21H35N5O6/c1-20(2,3)31-18(28)24-14(16(27)30-8)10-9-12-22-17-23-13-11-15(25-17)26(7)19(29)32-21(4,5)6/h11,13-14H,9-10,12H2,1-8H3,(H,24,28)(H,22,23,25). The van der Waals surface area contributed by atoms with E-state index in [4.69, 9.17) is 14.2 Å². The lowest BCUT2D eigenvalue weighted by Gasteiger charge is -2.24. The molecule has 11 nitrogen and oxygen atoms in total. The molecule has 0 spiro atoms. The zero-order chi connectivity index (χ0) is 24.5. The Balaban J connectivity index is 2.62. The maximum Gasteiger partial charge on any atom is 0.415 e. The summed E-state index contributed by atoms with van der Waals surface area (Å²) in [6.07, 6.45) is 1.12. The van der Waals surface area contributed by atoms with E-state index in [2.05, 4.69) is 20.6 Å². The summed E-state index contributed by atoms with van der Waals surface area (Å²) < 4.78 is 15.3. The van der Waals surface area contributed by atoms with Gasteiger partial charge in [-0.3, -0.25) is 4.90 Å². The lowest BCUT2D eigenvalue weighted by Crippen LogP contribution is -2.44. The maximum atomic E-state index is 12.2. The highest BCUT2D eigenvalue weighted by Gasteiger charge is 2.25. The van der Waals surface area contributed by atoms with Crippen LogP contribution in [-0.2, 0) is 19.0 Å². The van der Waals surface area contributed by atoms with Crippen LogP contribution in [0.2, 0.25) is 0 Å². The third-order valence-corrected chi connectivity index (χ3v) is 3.78. The van der Waals surface area contributed by atoms with Crippen molar-refractivity contribution in [3.05, 3.63) is 12.3 Å². The van der Waals surface area contributed by atoms with E-state index in [0.717, 1.165) is 0 Å². The molecule has 0 bridgehead atoms. The third-order valence-electron chi connectivity index (χ3n) is 3.78. The molecule has 1 unspecified atom stereocenters. The first-order valence-electron chi connectivity index (χ1n) is 10.3. The minimum absolute atomic E-state index is 0.313. The Hall–Kier alpha value is -3.11. The maximum absolute atomic E-state index is 12.2. The molecule has 1 atom stereocenters. The SMILES string of the molecule is COC(=O)C(CCCNc1nccc(N(C)C(=O)OC(C)(C)C)n1)NC(=O)OC(C)(C)C. The molecule has 32 heavy (non-hydrogen) atoms. The zero-order valence-corrected chi connectivity index (χ0v) is 20.1. The number of nitrogens with zero attached hydrogens (tertiary/aromatic N) is 3. The fourth-order valence-electron chi connectivity index (χ4n) is 2.39. The van der Waals surface area contributed by atoms with E-state index in [0.29, 0.717) is 31.2 Å². The van der Waals surface area contributed by atoms with Crippen LogP contribution in [-0.4, -0.2) is 66.1 Å². The van der Waals surface area contributed by atoms with Crippen molar-refractivity contribution in [1.29, 1.82) is 0 Å². The Labute approximate surface area is 189 Å². The number of anilines is 2. The minimum atomic E-state index is -0.845. The van der Waals surface area contributed by atoms with Crippen molar-refractivity contribution in [1.82, 2.24) is 15.3 Å². The quantitative estimate of drug-likeness (QED) is 0.346. The number of carbonyl (C=O) groups is 3. The molecule has 0 aromatic carbocycles. The number of amides is 2. The summed E-state index contributed by atoms with van der Waals surface area (Å²) in [7, 11) is 2.81. The fourth-order valence-corrected chi connectivity index (χ4v) is 2.39. The smallest absolute Gasteiger partial charge is 0.415 e. The van der Waals surface area contributed by atoms with Crippen molar-refractivity contribution in [2.75, 3.05) is 30.9 Å². The van der Waals surface area contributed by atoms with Crippen molar-refractivity contribution in [3.63, 3.8) is 0 Å². The molecule has 1 heterocycles. The van der Waals surface area contributed by atoms with E-state index in [1.165, 1.54) is 18.2 Å². The number of aromatic nitrogens is 2. The Kier molecular flexibility index (Phi) is 9.67. The van der Waals surface area contributed by atoms with Gasteiger partial charge in [-0.25, -0.2) is 19.4 Å². The first-order valence-corrected chi connectivity index (χ1v) is 10.3. The predicted octanol–water partition coefficient (Wildman–Crippen LogP) is 3.11. The van der Waals surface area contributed by atoms with Gasteiger partial charge in [0.2, 0.25) is 5.95 Å². The molecule has 1 aromatic rings. The van der Waals surface area contributed by atoms with Gasteiger partial charge in [0, 0.05) is 19.8 Å². The van der Waals surface area contributed by atoms with Gasteiger partial charge in [-0.1, -0.05) is 0 Å². The van der Waals surface area contributed by atoms with Gasteiger partial charge in [0.1, 0.15) is 23.1 Å². The van der Waals surface area contributed by atoms with Gasteiger partial charge in [-0.15, -0.1) is 0 Å². The highest BCUT2D eigenvalue weighted by molar-refractivity contribution is 5.86. The van der Waals surface area contributed by atoms with Gasteiger partial charge in [0.15, 0.2) is 0 Å². The second-order valence-corrected chi connectivity index (χ2v) is 9.07. The Morgan fingerprint density at radius 1 is 1.09 bits per heavy atom. The topological polar surface area (TPSA) is 132 Å². The van der Waals surface area contributed by atoms with Gasteiger partial charge in [0.05, 0.1) is 7.11 Å². The van der Waals surface area contributed by atoms with Crippen LogP contribution in [0.15, 0.2) is 12.3 Å². The summed E-state index contributed by atoms with van der Waals surface area (Å²) in [5, 5.41) is 5.56. The summed E-state index contributed by atoms with van der Waals surface area (Å²) >= 11 is 0. The molecular weight excluding hydrogens is 418 g/mol. The van der Waals surface area contributed by atoms with Crippen molar-refractivity contribution >= 4 is 29.9 Å². The van der Waals surface area contributed by atoms with Gasteiger partial charge >= 0.3 is 18.2 Å². The average Bonchev–Trinajstić information content (AvgIpc) is 2.66. The number of esters is 1. The predicted molar refractivity (Wildman–Crippen MR) is 120 cm³/mol. The molecule has 0 aliphatic carbocycles. The second kappa shape index (κ2) is 11.5. The molecule has 0 saturated heterocycles. The molecule has 1 aromatic heterocycles. The van der Waals surface area contributed by atoms with Crippen LogP contribution >= 0.6 is 0 Å². The third kappa shape index (κ3) is 10.3. The molecule has 0 radical (unpaired) electrons. The van der Waals surface area contributed by atoms with Gasteiger partial charge in [-0.2, -0.15) is 4.98 Å². The number of rotatable bonds is 8. The fraction of sp³-hybridized carbons (Fsp3) is 0.667. The Bertz CT molecular complexity index is 788. The monoisotopic (exact) mass is 453 g/mol. The highest BCUT2D eigenvalue weighted by Crippen LogP contribution is 2.15. The average molecular weight is 454 g/mol. The van der Waals surface area contributed by atoms with Crippen LogP contribution < -0.4 is 15.5 Å². The van der Waals surface area contributed by atoms with Crippen LogP contribution in [0.3, 0.4) is 0 Å². The second-order valence-electron chi connectivity index (χ2n) is 9.07. The number of hydrogen-bond acceptors (Lipinski definition) is 9. The number of ether oxygens (including phenoxy) is 3. The molecule has 0 saturated carbocycles. The van der Waals surface area contributed by atoms with Crippen LogP contribution in [0.4, 0.5) is 21.4 Å². The molecule has 0 fully saturated rings. The summed E-state index contributed by atoms with van der Waals surface area (Å²) in [5.74, 6) is 0.122. The summed E-state index contributed by atoms with van der Waals surface area (Å²) in [6.45, 7) is 11.0. The molecule has 180 valence electrons. The first kappa shape index (κ1) is 26.9. The largest absolute Gasteiger partial charge is 0.467 e. The van der Waals surface area contributed by atoms with E-state index in [1.807, 2.05) is 0 Å². The first-order chi connectivity index (χ1) is 14.7. The number of hydrogen-bond donors (Lipinski definition) is 2. The van der Waals surface area contributed by atoms with Gasteiger partial charge in [-0.05, 0) is 60.5 Å². The van der Waals surface area contributed by atoms with Crippen molar-refractivity contribution < 1.29 is 28.6 Å². The Morgan fingerprint density at radius 3 is 2.28 bits per heavy atom. The van der Waals surface area contributed by atoms with Gasteiger partial charge < -0.3 is 24.8 Å². The van der Waals surface area contributed by atoms with E-state index in [1.54, 1.807) is 54.7 Å². The normalized spacial score (nSPS) is 12.4. The summed E-state index contributed by atoms with van der Waals surface area (Å²) in [6, 6.07) is 0.745. The Morgan fingerprint density at radius 2 is 1.72 bits per heavy atom.